The number of hydrogen-bond donors (Lipinski definition) is 0. The van der Waals surface area contributed by atoms with Crippen molar-refractivity contribution < 1.29 is 35.9 Å². The highest BCUT2D eigenvalue weighted by molar-refractivity contribution is 8.14. The molecule has 12 heteroatoms. The zero-order valence-electron chi connectivity index (χ0n) is 28.2. The summed E-state index contributed by atoms with van der Waals surface area (Å²) in [5, 5.41) is 0.345. The number of aliphatic imine (C=N–C) groups is 1. The molecule has 50 heavy (non-hydrogen) atoms. The van der Waals surface area contributed by atoms with Crippen LogP contribution < -0.4 is 0 Å². The Balaban J connectivity index is 1.38. The predicted molar refractivity (Wildman–Crippen MR) is 182 cm³/mol. The molecule has 2 saturated carbocycles. The topological polar surface area (TPSA) is 54.8 Å². The summed E-state index contributed by atoms with van der Waals surface area (Å²) in [6, 6.07) is 8.61. The predicted octanol–water partition coefficient (Wildman–Crippen LogP) is 9.52. The Kier molecular flexibility index (Phi) is 10.2. The molecule has 2 spiro atoms. The molecule has 0 N–H and O–H groups in total. The van der Waals surface area contributed by atoms with Gasteiger partial charge >= 0.3 is 12.4 Å². The molecule has 1 unspecified atom stereocenters. The van der Waals surface area contributed by atoms with Crippen molar-refractivity contribution in [1.82, 2.24) is 9.88 Å². The van der Waals surface area contributed by atoms with Crippen LogP contribution in [0.4, 0.5) is 26.3 Å². The molecule has 2 aromatic rings. The van der Waals surface area contributed by atoms with E-state index in [2.05, 4.69) is 29.8 Å². The van der Waals surface area contributed by atoms with Crippen molar-refractivity contribution in [3.8, 4) is 0 Å². The number of thioether (sulfide) groups is 1. The van der Waals surface area contributed by atoms with Crippen molar-refractivity contribution in [1.29, 1.82) is 0 Å². The van der Waals surface area contributed by atoms with Crippen molar-refractivity contribution in [2.45, 2.75) is 95.3 Å². The first kappa shape index (κ1) is 36.4. The van der Waals surface area contributed by atoms with Gasteiger partial charge in [-0.2, -0.15) is 26.3 Å². The molecule has 1 aromatic heterocycles. The van der Waals surface area contributed by atoms with Crippen LogP contribution in [0.1, 0.15) is 79.8 Å². The Hall–Kier alpha value is -3.38. The van der Waals surface area contributed by atoms with Crippen molar-refractivity contribution in [3.63, 3.8) is 0 Å². The highest BCUT2D eigenvalue weighted by atomic mass is 32.2. The average Bonchev–Trinajstić information content (AvgIpc) is 3.82. The molecule has 2 fully saturated rings. The number of carbonyl (C=O) groups is 1. The average molecular weight is 718 g/mol. The molecule has 2 heterocycles. The second kappa shape index (κ2) is 14.0. The van der Waals surface area contributed by atoms with Gasteiger partial charge in [0.2, 0.25) is 0 Å². The Morgan fingerprint density at radius 3 is 2.42 bits per heavy atom. The molecule has 5 nitrogen and oxygen atoms in total. The maximum absolute atomic E-state index is 15.1. The number of amides is 1. The number of aromatic nitrogens is 1. The lowest BCUT2D eigenvalue weighted by Gasteiger charge is -2.45. The lowest BCUT2D eigenvalue weighted by atomic mass is 9.61. The van der Waals surface area contributed by atoms with Crippen molar-refractivity contribution in [2.24, 2.45) is 16.3 Å². The van der Waals surface area contributed by atoms with E-state index in [0.29, 0.717) is 30.0 Å². The maximum Gasteiger partial charge on any atom is 0.417 e. The fourth-order valence-electron chi connectivity index (χ4n) is 7.66. The van der Waals surface area contributed by atoms with Crippen molar-refractivity contribution in [2.75, 3.05) is 12.9 Å². The monoisotopic (exact) mass is 717 g/mol. The Bertz CT molecular complexity index is 1700. The summed E-state index contributed by atoms with van der Waals surface area (Å²) in [6.07, 6.45) is 2.97. The minimum absolute atomic E-state index is 0.0612. The maximum atomic E-state index is 15.1. The number of nitrogens with zero attached hydrogens (tertiary/aromatic N) is 3. The van der Waals surface area contributed by atoms with Crippen molar-refractivity contribution >= 4 is 22.8 Å². The number of carbonyl (C=O) groups excluding carboxylic acids is 1. The van der Waals surface area contributed by atoms with E-state index in [1.165, 1.54) is 48.6 Å². The third-order valence-corrected chi connectivity index (χ3v) is 11.8. The molecule has 1 atom stereocenters. The van der Waals surface area contributed by atoms with Gasteiger partial charge in [-0.15, -0.1) is 0 Å². The number of benzene rings is 1. The van der Waals surface area contributed by atoms with Gasteiger partial charge < -0.3 is 4.74 Å². The van der Waals surface area contributed by atoms with E-state index in [4.69, 9.17) is 9.73 Å². The third kappa shape index (κ3) is 7.20. The number of alkyl halides is 6. The number of amidine groups is 1. The molecule has 3 aliphatic carbocycles. The van der Waals surface area contributed by atoms with E-state index in [0.717, 1.165) is 72.7 Å². The number of ether oxygens (including phenoxy) is 1. The number of hydrogen-bond acceptors (Lipinski definition) is 5. The van der Waals surface area contributed by atoms with E-state index >= 15 is 4.79 Å². The van der Waals surface area contributed by atoms with E-state index in [1.54, 1.807) is 7.11 Å². The number of rotatable bonds is 10. The first-order chi connectivity index (χ1) is 23.7. The number of methoxy groups -OCH3 is 1. The van der Waals surface area contributed by atoms with E-state index in [1.807, 2.05) is 0 Å². The van der Waals surface area contributed by atoms with E-state index in [-0.39, 0.29) is 30.0 Å². The van der Waals surface area contributed by atoms with Crippen LogP contribution in [0.5, 0.6) is 0 Å². The molecule has 268 valence electrons. The number of allylic oxidation sites excluding steroid dienone is 4. The zero-order valence-corrected chi connectivity index (χ0v) is 29.0. The summed E-state index contributed by atoms with van der Waals surface area (Å²) >= 11 is 1.18. The molecule has 4 aliphatic rings. The molecule has 0 bridgehead atoms. The minimum Gasteiger partial charge on any atom is -0.381 e. The van der Waals surface area contributed by atoms with Gasteiger partial charge in [0.05, 0.1) is 29.5 Å². The second-order valence-electron chi connectivity index (χ2n) is 13.9. The second-order valence-corrected chi connectivity index (χ2v) is 14.9. The fourth-order valence-corrected chi connectivity index (χ4v) is 8.58. The first-order valence-electron chi connectivity index (χ1n) is 17.0. The standard InChI is InChI=1S/C38H41F6N3O2S/c1-4-28(37(39,40)41)12-5-24(2)23-50-34-46-36(33(48)47(34)22-30-14-13-29(21-45-30)38(42,43)44)32-19-26(9-8-25-6-7-25)10-11-27(32)20-35(36)17-15-31(49-3)16-18-35/h4-5,10-14,19,21,25,31H,2,6-9,15-18,20,22-23H2,1,3H3/b12-5-,28-4+. The highest BCUT2D eigenvalue weighted by Crippen LogP contribution is 2.62. The fraction of sp³-hybridized carbons (Fsp3) is 0.500. The summed E-state index contributed by atoms with van der Waals surface area (Å²) in [5.41, 5.74) is 0.193. The van der Waals surface area contributed by atoms with Crippen LogP contribution in [0.3, 0.4) is 0 Å². The third-order valence-electron chi connectivity index (χ3n) is 10.7. The van der Waals surface area contributed by atoms with Crippen LogP contribution in [0.2, 0.25) is 0 Å². The molecular weight excluding hydrogens is 676 g/mol. The molecule has 6 rings (SSSR count). The summed E-state index contributed by atoms with van der Waals surface area (Å²) in [4.78, 5) is 26.0. The molecular formula is C38H41F6N3O2S. The van der Waals surface area contributed by atoms with Crippen LogP contribution in [-0.4, -0.2) is 46.1 Å². The van der Waals surface area contributed by atoms with Gasteiger partial charge in [0.1, 0.15) is 0 Å². The number of fused-ring (bicyclic) bond motifs is 3. The number of halogens is 6. The van der Waals surface area contributed by atoms with Gasteiger partial charge in [0.15, 0.2) is 10.7 Å². The summed E-state index contributed by atoms with van der Waals surface area (Å²) in [5.74, 6) is 0.610. The largest absolute Gasteiger partial charge is 0.417 e. The van der Waals surface area contributed by atoms with E-state index in [9.17, 15) is 26.3 Å². The van der Waals surface area contributed by atoms with Crippen LogP contribution in [0.25, 0.3) is 0 Å². The van der Waals surface area contributed by atoms with Crippen LogP contribution in [0, 0.1) is 11.3 Å². The zero-order chi connectivity index (χ0) is 35.9. The number of pyridine rings is 1. The van der Waals surface area contributed by atoms with Gasteiger partial charge in [0, 0.05) is 24.5 Å². The highest BCUT2D eigenvalue weighted by Gasteiger charge is 2.66. The summed E-state index contributed by atoms with van der Waals surface area (Å²) < 4.78 is 85.7. The Morgan fingerprint density at radius 1 is 1.08 bits per heavy atom. The summed E-state index contributed by atoms with van der Waals surface area (Å²) in [6.45, 7) is 5.14. The minimum atomic E-state index is -4.56. The summed E-state index contributed by atoms with van der Waals surface area (Å²) in [7, 11) is 1.69. The SMILES string of the molecule is C=C(/C=C\C(=C/C)C(F)(F)F)CSC1=NC2(C(=O)N1Cc1ccc(C(F)(F)F)cn1)c1cc(CCC3CC3)ccc1CC21CCC(OC)CC1. The van der Waals surface area contributed by atoms with E-state index < -0.39 is 34.4 Å². The molecule has 0 radical (unpaired) electrons. The molecule has 0 saturated heterocycles. The van der Waals surface area contributed by atoms with Crippen molar-refractivity contribution in [3.05, 3.63) is 100 Å². The smallest absolute Gasteiger partial charge is 0.381 e. The first-order valence-corrected chi connectivity index (χ1v) is 18.0. The van der Waals surface area contributed by atoms with Gasteiger partial charge in [0.25, 0.3) is 5.91 Å². The van der Waals surface area contributed by atoms with Crippen LogP contribution in [0.15, 0.2) is 77.5 Å². The lowest BCUT2D eigenvalue weighted by molar-refractivity contribution is -0.139. The number of aryl methyl sites for hydroxylation is 1. The quantitative estimate of drug-likeness (QED) is 0.182. The Labute approximate surface area is 293 Å². The van der Waals surface area contributed by atoms with Gasteiger partial charge in [-0.1, -0.05) is 67.6 Å². The lowest BCUT2D eigenvalue weighted by Crippen LogP contribution is -2.51. The molecule has 1 aromatic carbocycles. The molecule has 1 aliphatic heterocycles. The van der Waals surface area contributed by atoms with Crippen LogP contribution in [-0.2, 0) is 40.6 Å². The van der Waals surface area contributed by atoms with Crippen LogP contribution >= 0.6 is 11.8 Å². The Morgan fingerprint density at radius 2 is 1.82 bits per heavy atom. The normalized spacial score (nSPS) is 25.6. The van der Waals surface area contributed by atoms with Gasteiger partial charge in [-0.3, -0.25) is 14.7 Å². The molecule has 1 amide bonds. The van der Waals surface area contributed by atoms with Gasteiger partial charge in [-0.05, 0) is 92.2 Å². The van der Waals surface area contributed by atoms with Gasteiger partial charge in [-0.25, -0.2) is 4.99 Å².